The number of hydrogen-bond donors (Lipinski definition) is 2. The molecule has 0 aliphatic carbocycles. The Kier molecular flexibility index (Phi) is 6.29. The molecule has 2 aromatic rings. The molecule has 8 heteroatoms. The van der Waals surface area contributed by atoms with Crippen molar-refractivity contribution in [2.75, 3.05) is 14.2 Å². The van der Waals surface area contributed by atoms with E-state index in [2.05, 4.69) is 10.6 Å². The number of carbonyl (C=O) groups excluding carboxylic acids is 2. The number of ether oxygens (including phenoxy) is 3. The highest BCUT2D eigenvalue weighted by Crippen LogP contribution is 2.40. The number of allylic oxidation sites excluding steroid dienone is 1. The Hall–Kier alpha value is -3.19. The SMILES string of the molecule is COC(=O)C1=C(C)NC(=O)N[C@H]1c1cc(Cl)c(OCc2ccccc2)c(OC)c1. The second kappa shape index (κ2) is 8.87. The van der Waals surface area contributed by atoms with E-state index in [1.807, 2.05) is 30.3 Å². The molecule has 1 aliphatic heterocycles. The average Bonchev–Trinajstić information content (AvgIpc) is 2.72. The number of methoxy groups -OCH3 is 2. The van der Waals surface area contributed by atoms with Crippen LogP contribution in [0, 0.1) is 0 Å². The number of rotatable bonds is 6. The van der Waals surface area contributed by atoms with Gasteiger partial charge in [-0.25, -0.2) is 9.59 Å². The van der Waals surface area contributed by atoms with Crippen molar-refractivity contribution in [2.45, 2.75) is 19.6 Å². The quantitative estimate of drug-likeness (QED) is 0.701. The Balaban J connectivity index is 1.96. The first-order valence-electron chi connectivity index (χ1n) is 8.85. The first-order chi connectivity index (χ1) is 13.9. The van der Waals surface area contributed by atoms with Crippen LogP contribution < -0.4 is 20.1 Å². The summed E-state index contributed by atoms with van der Waals surface area (Å²) >= 11 is 6.47. The van der Waals surface area contributed by atoms with Gasteiger partial charge in [0, 0.05) is 5.70 Å². The predicted octanol–water partition coefficient (Wildman–Crippen LogP) is 3.73. The summed E-state index contributed by atoms with van der Waals surface area (Å²) in [7, 11) is 2.78. The van der Waals surface area contributed by atoms with Crippen LogP contribution in [0.4, 0.5) is 4.79 Å². The summed E-state index contributed by atoms with van der Waals surface area (Å²) in [4.78, 5) is 24.3. The summed E-state index contributed by atoms with van der Waals surface area (Å²) in [5.41, 5.74) is 2.23. The molecule has 0 spiro atoms. The van der Waals surface area contributed by atoms with Crippen molar-refractivity contribution < 1.29 is 23.8 Å². The van der Waals surface area contributed by atoms with E-state index in [0.29, 0.717) is 34.4 Å². The van der Waals surface area contributed by atoms with Gasteiger partial charge in [-0.15, -0.1) is 0 Å². The maximum absolute atomic E-state index is 12.3. The van der Waals surface area contributed by atoms with Gasteiger partial charge in [0.05, 0.1) is 30.9 Å². The average molecular weight is 417 g/mol. The van der Waals surface area contributed by atoms with Gasteiger partial charge in [0.2, 0.25) is 0 Å². The molecule has 0 fully saturated rings. The van der Waals surface area contributed by atoms with E-state index in [0.717, 1.165) is 5.56 Å². The van der Waals surface area contributed by atoms with Crippen molar-refractivity contribution >= 4 is 23.6 Å². The fourth-order valence-electron chi connectivity index (χ4n) is 3.10. The normalized spacial score (nSPS) is 16.0. The molecule has 1 heterocycles. The Morgan fingerprint density at radius 3 is 2.55 bits per heavy atom. The molecular formula is C21H21ClN2O5. The number of benzene rings is 2. The second-order valence-corrected chi connectivity index (χ2v) is 6.78. The van der Waals surface area contributed by atoms with E-state index in [9.17, 15) is 9.59 Å². The minimum Gasteiger partial charge on any atom is -0.493 e. The third-order valence-electron chi connectivity index (χ3n) is 4.49. The Morgan fingerprint density at radius 2 is 1.90 bits per heavy atom. The lowest BCUT2D eigenvalue weighted by Gasteiger charge is -2.28. The van der Waals surface area contributed by atoms with Gasteiger partial charge in [0.25, 0.3) is 0 Å². The van der Waals surface area contributed by atoms with Crippen LogP contribution in [-0.2, 0) is 16.1 Å². The monoisotopic (exact) mass is 416 g/mol. The Labute approximate surface area is 173 Å². The minimum atomic E-state index is -0.745. The first kappa shape index (κ1) is 20.5. The van der Waals surface area contributed by atoms with E-state index < -0.39 is 18.0 Å². The van der Waals surface area contributed by atoms with Crippen molar-refractivity contribution in [3.63, 3.8) is 0 Å². The highest BCUT2D eigenvalue weighted by Gasteiger charge is 2.33. The topological polar surface area (TPSA) is 85.9 Å². The lowest BCUT2D eigenvalue weighted by Crippen LogP contribution is -2.45. The van der Waals surface area contributed by atoms with E-state index in [1.165, 1.54) is 14.2 Å². The number of halogens is 1. The Bertz CT molecular complexity index is 959. The van der Waals surface area contributed by atoms with Gasteiger partial charge in [-0.3, -0.25) is 0 Å². The van der Waals surface area contributed by atoms with Crippen LogP contribution in [0.1, 0.15) is 24.1 Å². The Morgan fingerprint density at radius 1 is 1.17 bits per heavy atom. The molecule has 0 saturated carbocycles. The van der Waals surface area contributed by atoms with Crippen molar-refractivity contribution in [1.82, 2.24) is 10.6 Å². The number of esters is 1. The molecule has 2 N–H and O–H groups in total. The van der Waals surface area contributed by atoms with Gasteiger partial charge in [0.15, 0.2) is 11.5 Å². The van der Waals surface area contributed by atoms with Crippen LogP contribution in [-0.4, -0.2) is 26.2 Å². The van der Waals surface area contributed by atoms with E-state index >= 15 is 0 Å². The molecule has 0 aromatic heterocycles. The summed E-state index contributed by atoms with van der Waals surface area (Å²) in [6.07, 6.45) is 0. The third-order valence-corrected chi connectivity index (χ3v) is 4.77. The van der Waals surface area contributed by atoms with Gasteiger partial charge in [-0.2, -0.15) is 0 Å². The second-order valence-electron chi connectivity index (χ2n) is 6.37. The van der Waals surface area contributed by atoms with Crippen LogP contribution in [0.25, 0.3) is 0 Å². The number of carbonyl (C=O) groups is 2. The molecule has 0 unspecified atom stereocenters. The first-order valence-corrected chi connectivity index (χ1v) is 9.23. The van der Waals surface area contributed by atoms with Gasteiger partial charge in [-0.05, 0) is 30.2 Å². The summed E-state index contributed by atoms with van der Waals surface area (Å²) in [5, 5.41) is 5.59. The standard InChI is InChI=1S/C21H21ClN2O5/c1-12-17(20(25)28-3)18(24-21(26)23-12)14-9-15(22)19(16(10-14)27-2)29-11-13-7-5-4-6-8-13/h4-10,18H,11H2,1-3H3,(H2,23,24,26)/t18-/m0/s1. The number of urea groups is 1. The zero-order valence-electron chi connectivity index (χ0n) is 16.2. The van der Waals surface area contributed by atoms with E-state index in [1.54, 1.807) is 19.1 Å². The van der Waals surface area contributed by atoms with Gasteiger partial charge in [-0.1, -0.05) is 41.9 Å². The van der Waals surface area contributed by atoms with Gasteiger partial charge < -0.3 is 24.8 Å². The molecule has 7 nitrogen and oxygen atoms in total. The molecule has 152 valence electrons. The van der Waals surface area contributed by atoms with Gasteiger partial charge in [0.1, 0.15) is 6.61 Å². The fourth-order valence-corrected chi connectivity index (χ4v) is 3.37. The molecule has 0 saturated heterocycles. The van der Waals surface area contributed by atoms with Crippen LogP contribution in [0.3, 0.4) is 0 Å². The van der Waals surface area contributed by atoms with Crippen molar-refractivity contribution in [1.29, 1.82) is 0 Å². The summed E-state index contributed by atoms with van der Waals surface area (Å²) in [5.74, 6) is 0.208. The molecule has 2 amide bonds. The smallest absolute Gasteiger partial charge is 0.337 e. The molecule has 0 bridgehead atoms. The zero-order valence-corrected chi connectivity index (χ0v) is 17.0. The summed E-state index contributed by atoms with van der Waals surface area (Å²) in [6.45, 7) is 1.95. The number of nitrogens with one attached hydrogen (secondary N) is 2. The maximum Gasteiger partial charge on any atom is 0.337 e. The third kappa shape index (κ3) is 4.46. The van der Waals surface area contributed by atoms with Crippen molar-refractivity contribution in [3.8, 4) is 11.5 Å². The van der Waals surface area contributed by atoms with Crippen LogP contribution in [0.15, 0.2) is 53.7 Å². The maximum atomic E-state index is 12.3. The van der Waals surface area contributed by atoms with Crippen LogP contribution in [0.5, 0.6) is 11.5 Å². The highest BCUT2D eigenvalue weighted by atomic mass is 35.5. The predicted molar refractivity (Wildman–Crippen MR) is 108 cm³/mol. The molecular weight excluding hydrogens is 396 g/mol. The van der Waals surface area contributed by atoms with Crippen molar-refractivity contribution in [2.24, 2.45) is 0 Å². The summed E-state index contributed by atoms with van der Waals surface area (Å²) < 4.78 is 16.2. The minimum absolute atomic E-state index is 0.281. The van der Waals surface area contributed by atoms with E-state index in [4.69, 9.17) is 25.8 Å². The van der Waals surface area contributed by atoms with Crippen LogP contribution in [0.2, 0.25) is 5.02 Å². The highest BCUT2D eigenvalue weighted by molar-refractivity contribution is 6.32. The van der Waals surface area contributed by atoms with Gasteiger partial charge >= 0.3 is 12.0 Å². The molecule has 2 aromatic carbocycles. The lowest BCUT2D eigenvalue weighted by molar-refractivity contribution is -0.136. The number of hydrogen-bond acceptors (Lipinski definition) is 5. The fraction of sp³-hybridized carbons (Fsp3) is 0.238. The lowest BCUT2D eigenvalue weighted by atomic mass is 9.95. The van der Waals surface area contributed by atoms with Crippen molar-refractivity contribution in [3.05, 3.63) is 69.9 Å². The largest absolute Gasteiger partial charge is 0.493 e. The molecule has 29 heavy (non-hydrogen) atoms. The molecule has 1 atom stereocenters. The van der Waals surface area contributed by atoms with E-state index in [-0.39, 0.29) is 5.57 Å². The molecule has 0 radical (unpaired) electrons. The molecule has 1 aliphatic rings. The van der Waals surface area contributed by atoms with Crippen LogP contribution >= 0.6 is 11.6 Å². The summed E-state index contributed by atoms with van der Waals surface area (Å²) in [6, 6.07) is 11.8. The zero-order chi connectivity index (χ0) is 21.0. The number of amides is 2. The molecule has 3 rings (SSSR count).